The highest BCUT2D eigenvalue weighted by Crippen LogP contribution is 2.30. The van der Waals surface area contributed by atoms with Gasteiger partial charge in [0.2, 0.25) is 9.84 Å². The summed E-state index contributed by atoms with van der Waals surface area (Å²) in [6, 6.07) is 22.9. The second-order valence-electron chi connectivity index (χ2n) is 6.57. The molecule has 0 aliphatic carbocycles. The molecule has 0 aliphatic heterocycles. The van der Waals surface area contributed by atoms with Gasteiger partial charge in [-0.25, -0.2) is 17.2 Å². The first-order valence-electron chi connectivity index (χ1n) is 9.22. The van der Waals surface area contributed by atoms with Crippen LogP contribution in [0.3, 0.4) is 0 Å². The fourth-order valence-electron chi connectivity index (χ4n) is 2.88. The van der Waals surface area contributed by atoms with Crippen molar-refractivity contribution >= 4 is 9.84 Å². The Kier molecular flexibility index (Phi) is 5.68. The van der Waals surface area contributed by atoms with E-state index < -0.39 is 21.5 Å². The summed E-state index contributed by atoms with van der Waals surface area (Å²) in [5.74, 6) is 0.0746. The first kappa shape index (κ1) is 20.6. The Hall–Kier alpha value is -3.71. The lowest BCUT2D eigenvalue weighted by Gasteiger charge is -2.10. The molecule has 4 aromatic rings. The van der Waals surface area contributed by atoms with Crippen LogP contribution in [0.25, 0.3) is 0 Å². The van der Waals surface area contributed by atoms with Crippen LogP contribution in [0.4, 0.5) is 8.78 Å². The molecule has 0 aromatic heterocycles. The highest BCUT2D eigenvalue weighted by Gasteiger charge is 2.19. The first-order chi connectivity index (χ1) is 14.9. The summed E-state index contributed by atoms with van der Waals surface area (Å²) in [7, 11) is -3.89. The molecule has 0 heterocycles. The van der Waals surface area contributed by atoms with E-state index in [4.69, 9.17) is 9.47 Å². The molecule has 0 bridgehead atoms. The molecule has 0 aliphatic rings. The third-order valence-corrected chi connectivity index (χ3v) is 6.04. The summed E-state index contributed by atoms with van der Waals surface area (Å²) in [5.41, 5.74) is 0. The second-order valence-corrected chi connectivity index (χ2v) is 8.52. The Morgan fingerprint density at radius 1 is 0.516 bits per heavy atom. The van der Waals surface area contributed by atoms with Crippen LogP contribution in [0.1, 0.15) is 0 Å². The minimum absolute atomic E-state index is 0.00399. The van der Waals surface area contributed by atoms with Gasteiger partial charge in [0.1, 0.15) is 34.6 Å². The maximum absolute atomic E-state index is 13.4. The highest BCUT2D eigenvalue weighted by molar-refractivity contribution is 7.91. The van der Waals surface area contributed by atoms with Gasteiger partial charge in [0.25, 0.3) is 0 Å². The fourth-order valence-corrected chi connectivity index (χ4v) is 4.21. The van der Waals surface area contributed by atoms with Gasteiger partial charge in [0.15, 0.2) is 0 Å². The van der Waals surface area contributed by atoms with Gasteiger partial charge >= 0.3 is 0 Å². The molecule has 4 aromatic carbocycles. The van der Waals surface area contributed by atoms with Crippen LogP contribution >= 0.6 is 0 Å². The van der Waals surface area contributed by atoms with E-state index in [0.717, 1.165) is 0 Å². The third kappa shape index (κ3) is 4.90. The number of ether oxygens (including phenoxy) is 2. The molecule has 31 heavy (non-hydrogen) atoms. The van der Waals surface area contributed by atoms with Crippen molar-refractivity contribution in [2.45, 2.75) is 9.79 Å². The molecule has 0 unspecified atom stereocenters. The van der Waals surface area contributed by atoms with Crippen molar-refractivity contribution < 1.29 is 26.7 Å². The predicted octanol–water partition coefficient (Wildman–Crippen LogP) is 6.38. The quantitative estimate of drug-likeness (QED) is 0.350. The first-order valence-corrected chi connectivity index (χ1v) is 10.7. The molecule has 156 valence electrons. The Balaban J connectivity index is 1.61. The van der Waals surface area contributed by atoms with Gasteiger partial charge in [-0.05, 0) is 60.7 Å². The van der Waals surface area contributed by atoms with E-state index >= 15 is 0 Å². The van der Waals surface area contributed by atoms with Crippen LogP contribution in [0.5, 0.6) is 23.0 Å². The van der Waals surface area contributed by atoms with Gasteiger partial charge in [-0.15, -0.1) is 0 Å². The molecule has 4 nitrogen and oxygen atoms in total. The standard InChI is InChI=1S/C24H16F2O4S/c25-17-5-1-7-19(13-17)29-21-9-3-11-23(15-21)31(27,28)24-12-4-10-22(16-24)30-20-8-2-6-18(26)14-20/h1-16H. The maximum atomic E-state index is 13.4. The Bertz CT molecular complexity index is 1240. The molecule has 0 spiro atoms. The molecule has 0 amide bonds. The summed E-state index contributed by atoms with van der Waals surface area (Å²) < 4.78 is 64.1. The van der Waals surface area contributed by atoms with E-state index in [9.17, 15) is 17.2 Å². The maximum Gasteiger partial charge on any atom is 0.206 e. The van der Waals surface area contributed by atoms with Crippen LogP contribution in [0, 0.1) is 11.6 Å². The van der Waals surface area contributed by atoms with Crippen molar-refractivity contribution in [2.24, 2.45) is 0 Å². The van der Waals surface area contributed by atoms with Crippen LogP contribution in [0.15, 0.2) is 107 Å². The van der Waals surface area contributed by atoms with E-state index in [1.807, 2.05) is 0 Å². The molecular weight excluding hydrogens is 422 g/mol. The number of halogens is 2. The minimum Gasteiger partial charge on any atom is -0.457 e. The lowest BCUT2D eigenvalue weighted by molar-refractivity contribution is 0.474. The van der Waals surface area contributed by atoms with Crippen LogP contribution in [-0.2, 0) is 9.84 Å². The number of hydrogen-bond donors (Lipinski definition) is 0. The van der Waals surface area contributed by atoms with E-state index in [1.165, 1.54) is 72.8 Å². The van der Waals surface area contributed by atoms with Gasteiger partial charge in [0.05, 0.1) is 9.79 Å². The van der Waals surface area contributed by atoms with E-state index in [-0.39, 0.29) is 32.8 Å². The number of benzene rings is 4. The number of rotatable bonds is 6. The minimum atomic E-state index is -3.89. The SMILES string of the molecule is O=S(=O)(c1cccc(Oc2cccc(F)c2)c1)c1cccc(Oc2cccc(F)c2)c1. The summed E-state index contributed by atoms with van der Waals surface area (Å²) in [6.07, 6.45) is 0. The Labute approximate surface area is 178 Å². The smallest absolute Gasteiger partial charge is 0.206 e. The molecule has 0 fully saturated rings. The van der Waals surface area contributed by atoms with E-state index in [0.29, 0.717) is 0 Å². The molecule has 0 radical (unpaired) electrons. The molecule has 0 saturated carbocycles. The Morgan fingerprint density at radius 3 is 1.26 bits per heavy atom. The molecular formula is C24H16F2O4S. The van der Waals surface area contributed by atoms with Crippen molar-refractivity contribution in [3.8, 4) is 23.0 Å². The normalized spacial score (nSPS) is 11.2. The average molecular weight is 438 g/mol. The predicted molar refractivity (Wildman–Crippen MR) is 111 cm³/mol. The highest BCUT2D eigenvalue weighted by atomic mass is 32.2. The largest absolute Gasteiger partial charge is 0.457 e. The summed E-state index contributed by atoms with van der Waals surface area (Å²) in [6.45, 7) is 0. The lowest BCUT2D eigenvalue weighted by atomic mass is 10.3. The molecule has 0 saturated heterocycles. The molecule has 7 heteroatoms. The molecule has 4 rings (SSSR count). The Morgan fingerprint density at radius 2 is 0.871 bits per heavy atom. The number of sulfone groups is 1. The van der Waals surface area contributed by atoms with Crippen LogP contribution in [-0.4, -0.2) is 8.42 Å². The zero-order valence-corrected chi connectivity index (χ0v) is 16.9. The summed E-state index contributed by atoms with van der Waals surface area (Å²) in [4.78, 5) is 0.00798. The second kappa shape index (κ2) is 8.57. The van der Waals surface area contributed by atoms with Gasteiger partial charge in [-0.2, -0.15) is 0 Å². The lowest BCUT2D eigenvalue weighted by Crippen LogP contribution is -2.02. The van der Waals surface area contributed by atoms with Gasteiger partial charge in [-0.1, -0.05) is 24.3 Å². The van der Waals surface area contributed by atoms with Crippen molar-refractivity contribution in [1.29, 1.82) is 0 Å². The number of hydrogen-bond acceptors (Lipinski definition) is 4. The van der Waals surface area contributed by atoms with Gasteiger partial charge < -0.3 is 9.47 Å². The molecule has 0 atom stereocenters. The fraction of sp³-hybridized carbons (Fsp3) is 0. The summed E-state index contributed by atoms with van der Waals surface area (Å²) >= 11 is 0. The zero-order valence-electron chi connectivity index (χ0n) is 16.0. The van der Waals surface area contributed by atoms with Crippen molar-refractivity contribution in [1.82, 2.24) is 0 Å². The molecule has 0 N–H and O–H groups in total. The van der Waals surface area contributed by atoms with Gasteiger partial charge in [-0.3, -0.25) is 0 Å². The van der Waals surface area contributed by atoms with E-state index in [1.54, 1.807) is 24.3 Å². The monoisotopic (exact) mass is 438 g/mol. The average Bonchev–Trinajstić information content (AvgIpc) is 2.74. The van der Waals surface area contributed by atoms with Crippen molar-refractivity contribution in [2.75, 3.05) is 0 Å². The van der Waals surface area contributed by atoms with E-state index in [2.05, 4.69) is 0 Å². The van der Waals surface area contributed by atoms with Crippen molar-refractivity contribution in [3.05, 3.63) is 109 Å². The summed E-state index contributed by atoms with van der Waals surface area (Å²) in [5, 5.41) is 0. The topological polar surface area (TPSA) is 52.6 Å². The zero-order chi connectivity index (χ0) is 21.8. The van der Waals surface area contributed by atoms with Crippen molar-refractivity contribution in [3.63, 3.8) is 0 Å². The third-order valence-electron chi connectivity index (χ3n) is 4.30. The van der Waals surface area contributed by atoms with Gasteiger partial charge in [0, 0.05) is 12.1 Å². The van der Waals surface area contributed by atoms with Crippen LogP contribution < -0.4 is 9.47 Å². The van der Waals surface area contributed by atoms with Crippen LogP contribution in [0.2, 0.25) is 0 Å².